The van der Waals surface area contributed by atoms with Crippen molar-refractivity contribution in [2.45, 2.75) is 95.6 Å². The van der Waals surface area contributed by atoms with E-state index in [1.165, 1.54) is 22.4 Å². The lowest BCUT2D eigenvalue weighted by molar-refractivity contribution is -0.142. The average molecular weight is 713 g/mol. The number of hydrogen-bond donors (Lipinski definition) is 0. The number of aryl methyl sites for hydroxylation is 1. The van der Waals surface area contributed by atoms with Crippen molar-refractivity contribution in [2.24, 2.45) is 16.3 Å². The first-order chi connectivity index (χ1) is 22.0. The molecule has 0 spiro atoms. The summed E-state index contributed by atoms with van der Waals surface area (Å²) in [5.41, 5.74) is 5.20. The van der Waals surface area contributed by atoms with Crippen LogP contribution < -0.4 is 0 Å². The zero-order valence-electron chi connectivity index (χ0n) is 28.1. The zero-order valence-corrected chi connectivity index (χ0v) is 30.4. The van der Waals surface area contributed by atoms with Crippen molar-refractivity contribution >= 4 is 45.6 Å². The number of amides is 2. The van der Waals surface area contributed by atoms with Crippen LogP contribution in [0.2, 0.25) is 5.02 Å². The number of alkyl halides is 1. The molecule has 2 amide bonds. The molecular weight excluding hydrogens is 662 g/mol. The molecule has 6 rings (SSSR count). The molecule has 4 heterocycles. The Morgan fingerprint density at radius 3 is 2.41 bits per heavy atom. The third-order valence-electron chi connectivity index (χ3n) is 11.1. The lowest BCUT2D eigenvalue weighted by Gasteiger charge is -2.51. The molecule has 7 nitrogen and oxygen atoms in total. The van der Waals surface area contributed by atoms with Crippen molar-refractivity contribution in [3.8, 4) is 0 Å². The van der Waals surface area contributed by atoms with Crippen LogP contribution in [0.1, 0.15) is 83.4 Å². The number of rotatable bonds is 4. The Bertz CT molecular complexity index is 1390. The van der Waals surface area contributed by atoms with Gasteiger partial charge in [0.25, 0.3) is 0 Å². The van der Waals surface area contributed by atoms with Crippen LogP contribution in [0.5, 0.6) is 0 Å². The Morgan fingerprint density at radius 2 is 1.72 bits per heavy atom. The fourth-order valence-corrected chi connectivity index (χ4v) is 8.85. The maximum Gasteiger partial charge on any atom is 0.223 e. The van der Waals surface area contributed by atoms with Gasteiger partial charge in [0, 0.05) is 82.5 Å². The van der Waals surface area contributed by atoms with Crippen molar-refractivity contribution in [2.75, 3.05) is 45.8 Å². The van der Waals surface area contributed by atoms with E-state index >= 15 is 0 Å². The maximum atomic E-state index is 13.7. The molecule has 0 N–H and O–H groups in total. The van der Waals surface area contributed by atoms with E-state index in [0.717, 1.165) is 89.4 Å². The molecule has 3 fully saturated rings. The number of piperazine rings is 1. The minimum absolute atomic E-state index is 0.000470. The van der Waals surface area contributed by atoms with Gasteiger partial charge >= 0.3 is 0 Å². The normalized spacial score (nSPS) is 27.3. The smallest absolute Gasteiger partial charge is 0.223 e. The van der Waals surface area contributed by atoms with E-state index in [9.17, 15) is 9.59 Å². The van der Waals surface area contributed by atoms with Crippen molar-refractivity contribution in [3.63, 3.8) is 0 Å². The van der Waals surface area contributed by atoms with Gasteiger partial charge in [-0.3, -0.25) is 24.4 Å². The number of aliphatic imine (C=N–C) groups is 1. The number of halogens is 2. The minimum atomic E-state index is -0.000470. The molecule has 5 aliphatic rings. The van der Waals surface area contributed by atoms with Gasteiger partial charge in [0.15, 0.2) is 0 Å². The van der Waals surface area contributed by atoms with Gasteiger partial charge in [-0.25, -0.2) is 0 Å². The summed E-state index contributed by atoms with van der Waals surface area (Å²) in [7, 11) is 0. The van der Waals surface area contributed by atoms with Crippen LogP contribution in [-0.2, 0) is 16.0 Å². The van der Waals surface area contributed by atoms with Gasteiger partial charge in [0.05, 0.1) is 16.6 Å². The van der Waals surface area contributed by atoms with Gasteiger partial charge in [-0.2, -0.15) is 0 Å². The Labute approximate surface area is 289 Å². The van der Waals surface area contributed by atoms with Crippen LogP contribution in [0.15, 0.2) is 46.6 Å². The predicted octanol–water partition coefficient (Wildman–Crippen LogP) is 6.66. The summed E-state index contributed by atoms with van der Waals surface area (Å²) in [6.07, 6.45) is 13.1. The molecule has 3 atom stereocenters. The molecule has 1 aromatic rings. The van der Waals surface area contributed by atoms with E-state index in [1.54, 1.807) is 6.92 Å². The fourth-order valence-electron chi connectivity index (χ4n) is 8.38. The summed E-state index contributed by atoms with van der Waals surface area (Å²) in [6, 6.07) is 7.27. The first-order valence-corrected chi connectivity index (χ1v) is 18.7. The topological polar surface area (TPSA) is 59.5 Å². The molecule has 1 aliphatic carbocycles. The molecule has 3 saturated heterocycles. The van der Waals surface area contributed by atoms with Gasteiger partial charge in [-0.1, -0.05) is 66.5 Å². The van der Waals surface area contributed by atoms with Crippen LogP contribution >= 0.6 is 27.5 Å². The lowest BCUT2D eigenvalue weighted by Crippen LogP contribution is -2.62. The van der Waals surface area contributed by atoms with Crippen molar-refractivity contribution < 1.29 is 9.59 Å². The van der Waals surface area contributed by atoms with E-state index in [1.807, 2.05) is 17.2 Å². The summed E-state index contributed by atoms with van der Waals surface area (Å²) in [6.45, 7) is 14.8. The highest BCUT2D eigenvalue weighted by atomic mass is 79.9. The van der Waals surface area contributed by atoms with Crippen LogP contribution in [0, 0.1) is 11.3 Å². The number of hydrogen-bond acceptors (Lipinski definition) is 5. The number of benzene rings is 1. The summed E-state index contributed by atoms with van der Waals surface area (Å²) in [5, 5.41) is 0.803. The van der Waals surface area contributed by atoms with Crippen LogP contribution in [-0.4, -0.2) is 100 Å². The van der Waals surface area contributed by atoms with Gasteiger partial charge in [-0.15, -0.1) is 0 Å². The second-order valence-corrected chi connectivity index (χ2v) is 16.6. The number of nitrogens with zero attached hydrogens (tertiary/aromatic N) is 5. The highest BCUT2D eigenvalue weighted by Crippen LogP contribution is 2.42. The Hall–Kier alpha value is -2.00. The summed E-state index contributed by atoms with van der Waals surface area (Å²) in [5.74, 6) is 0.823. The minimum Gasteiger partial charge on any atom is -0.343 e. The van der Waals surface area contributed by atoms with Crippen LogP contribution in [0.25, 0.3) is 0 Å². The highest BCUT2D eigenvalue weighted by molar-refractivity contribution is 9.10. The molecule has 0 aromatic heterocycles. The van der Waals surface area contributed by atoms with Crippen molar-refractivity contribution in [1.29, 1.82) is 0 Å². The molecule has 0 bridgehead atoms. The number of likely N-dealkylation sites (tertiary alicyclic amines) is 2. The van der Waals surface area contributed by atoms with Gasteiger partial charge in [-0.05, 0) is 78.7 Å². The summed E-state index contributed by atoms with van der Waals surface area (Å²) >= 11 is 10.2. The Morgan fingerprint density at radius 1 is 0.978 bits per heavy atom. The van der Waals surface area contributed by atoms with E-state index in [0.29, 0.717) is 24.3 Å². The zero-order chi connectivity index (χ0) is 32.6. The van der Waals surface area contributed by atoms with E-state index in [4.69, 9.17) is 16.6 Å². The third kappa shape index (κ3) is 7.50. The second kappa shape index (κ2) is 14.2. The van der Waals surface area contributed by atoms with Crippen LogP contribution in [0.4, 0.5) is 0 Å². The monoisotopic (exact) mass is 711 g/mol. The maximum absolute atomic E-state index is 13.7. The second-order valence-electron chi connectivity index (χ2n) is 15.1. The standard InChI is InChI=1S/C37H51BrClN5O2/c1-25(45)41-15-11-26(12-16-41)21-34(46)44-20-19-43(24-33(44)37(2,3)4)31-13-17-42(18-14-31)36-32-10-9-30(39)22-28(32)6-5-27-7-8-29(38)23-40-35(27)36/h7-10,22-23,26,29,31,33,36H,5-6,11-21,24H2,1-4H3. The Balaban J connectivity index is 1.12. The summed E-state index contributed by atoms with van der Waals surface area (Å²) in [4.78, 5) is 40.2. The molecule has 0 saturated carbocycles. The predicted molar refractivity (Wildman–Crippen MR) is 191 cm³/mol. The van der Waals surface area contributed by atoms with Gasteiger partial charge in [0.2, 0.25) is 11.8 Å². The van der Waals surface area contributed by atoms with Crippen LogP contribution in [0.3, 0.4) is 0 Å². The molecular formula is C37H51BrClN5O2. The molecule has 250 valence electrons. The molecule has 1 aromatic carbocycles. The molecule has 46 heavy (non-hydrogen) atoms. The SMILES string of the molecule is CC(=O)N1CCC(CC(=O)N2CCN(C3CCN(C4C5=C(C=CC(Br)C=N5)CCc5cc(Cl)ccc54)CC3)CC2C(C)(C)C)CC1. The van der Waals surface area contributed by atoms with Gasteiger partial charge in [0.1, 0.15) is 0 Å². The number of carbonyl (C=O) groups is 2. The lowest BCUT2D eigenvalue weighted by atomic mass is 9.82. The number of carbonyl (C=O) groups excluding carboxylic acids is 2. The van der Waals surface area contributed by atoms with Crippen molar-refractivity contribution in [1.82, 2.24) is 19.6 Å². The molecule has 4 aliphatic heterocycles. The Kier molecular flexibility index (Phi) is 10.5. The molecule has 3 unspecified atom stereocenters. The number of piperidine rings is 2. The number of fused-ring (bicyclic) bond motifs is 1. The third-order valence-corrected chi connectivity index (χ3v) is 11.9. The average Bonchev–Trinajstić information content (AvgIpc) is 3.30. The molecule has 0 radical (unpaired) electrons. The molecule has 9 heteroatoms. The number of allylic oxidation sites excluding steroid dienone is 3. The van der Waals surface area contributed by atoms with Crippen molar-refractivity contribution in [3.05, 3.63) is 57.8 Å². The summed E-state index contributed by atoms with van der Waals surface area (Å²) < 4.78 is 0. The van der Waals surface area contributed by atoms with Gasteiger partial charge < -0.3 is 9.80 Å². The van der Waals surface area contributed by atoms with E-state index in [-0.39, 0.29) is 28.2 Å². The van der Waals surface area contributed by atoms with E-state index < -0.39 is 0 Å². The van der Waals surface area contributed by atoms with E-state index in [2.05, 4.69) is 75.7 Å². The quantitative estimate of drug-likeness (QED) is 0.328. The first kappa shape index (κ1) is 33.9. The fraction of sp³-hybridized carbons (Fsp3) is 0.649. The first-order valence-electron chi connectivity index (χ1n) is 17.4. The highest BCUT2D eigenvalue weighted by Gasteiger charge is 2.42. The largest absolute Gasteiger partial charge is 0.343 e.